The molecular formula is C93H65BO16. The molecule has 110 heavy (non-hydrogen) atoms. The topological polar surface area (TPSA) is 203 Å². The third-order valence-corrected chi connectivity index (χ3v) is 19.5. The zero-order chi connectivity index (χ0) is 75.0. The van der Waals surface area contributed by atoms with E-state index in [1.165, 1.54) is 6.07 Å². The Morgan fingerprint density at radius 3 is 0.982 bits per heavy atom. The van der Waals surface area contributed by atoms with Gasteiger partial charge in [-0.1, -0.05) is 261 Å². The van der Waals surface area contributed by atoms with Gasteiger partial charge in [0.05, 0.1) is 27.8 Å². The number of para-hydroxylation sites is 1. The van der Waals surface area contributed by atoms with Crippen molar-refractivity contribution < 1.29 is 76.2 Å². The van der Waals surface area contributed by atoms with E-state index in [1.54, 1.807) is 42.5 Å². The Bertz CT molecular complexity index is 5520. The van der Waals surface area contributed by atoms with E-state index in [0.29, 0.717) is 94.5 Å². The number of carbonyl (C=O) groups excluding carboxylic acids is 7. The lowest BCUT2D eigenvalue weighted by molar-refractivity contribution is 0.0425. The Balaban J connectivity index is 0.832. The van der Waals surface area contributed by atoms with Crippen LogP contribution in [0.2, 0.25) is 0 Å². The van der Waals surface area contributed by atoms with Crippen LogP contribution in [0, 0.1) is 0 Å². The Morgan fingerprint density at radius 2 is 0.609 bits per heavy atom. The average Bonchev–Trinajstić information content (AvgIpc) is 0.764. The van der Waals surface area contributed by atoms with Crippen molar-refractivity contribution in [2.45, 2.75) is 52.2 Å². The van der Waals surface area contributed by atoms with Gasteiger partial charge in [-0.3, -0.25) is 0 Å². The van der Waals surface area contributed by atoms with Gasteiger partial charge >= 0.3 is 41.8 Å². The van der Waals surface area contributed by atoms with Crippen LogP contribution >= 0.6 is 0 Å². The fourth-order valence-corrected chi connectivity index (χ4v) is 14.1. The molecule has 3 aliphatic rings. The van der Waals surface area contributed by atoms with Crippen LogP contribution in [0.5, 0.6) is 23.0 Å². The molecule has 0 saturated heterocycles. The number of esters is 7. The predicted molar refractivity (Wildman–Crippen MR) is 411 cm³/mol. The van der Waals surface area contributed by atoms with E-state index in [-0.39, 0.29) is 102 Å². The molecule has 16 rings (SSSR count). The molecule has 0 aromatic heterocycles. The zero-order valence-electron chi connectivity index (χ0n) is 59.0. The molecule has 536 valence electrons. The average molecular weight is 1450 g/mol. The molecule has 0 spiro atoms. The highest BCUT2D eigenvalue weighted by Crippen LogP contribution is 2.51. The molecule has 13 aromatic rings. The van der Waals surface area contributed by atoms with Gasteiger partial charge in [0.15, 0.2) is 0 Å². The first kappa shape index (κ1) is 70.1. The maximum atomic E-state index is 15.0. The standard InChI is InChI=1S/C93H65BO16/c95-87(102-51-58-23-8-1-9-24-58)67-43-44-79-81(45-67)109-85-77(92(100)107-56-63-33-18-6-19-34-63)50-78(93(101)108-57-64-35-20-7-21-36-64)86-83(85)94(79)80-38-22-37-68(84(80)110-86)65-39-41-66(42-40-65)82-71-48-75(90(98)105-54-61-29-14-4-15-30-61)73(88(96)103-52-59-25-10-2-11-26-59)46-69(71)70-47-74(89(97)104-53-60-27-12-3-13-28-60)76(49-72(70)82)91(99)106-55-62-31-16-5-17-32-62/h1-50,82H,51-57H2. The van der Waals surface area contributed by atoms with Gasteiger partial charge in [0, 0.05) is 16.9 Å². The highest BCUT2D eigenvalue weighted by atomic mass is 16.6. The van der Waals surface area contributed by atoms with E-state index in [1.807, 2.05) is 255 Å². The van der Waals surface area contributed by atoms with Crippen LogP contribution < -0.4 is 25.9 Å². The maximum absolute atomic E-state index is 15.0. The van der Waals surface area contributed by atoms with Crippen molar-refractivity contribution in [3.63, 3.8) is 0 Å². The number of carbonyl (C=O) groups is 7. The van der Waals surface area contributed by atoms with E-state index < -0.39 is 54.4 Å². The highest BCUT2D eigenvalue weighted by Gasteiger charge is 2.46. The van der Waals surface area contributed by atoms with Crippen LogP contribution in [0.25, 0.3) is 22.3 Å². The summed E-state index contributed by atoms with van der Waals surface area (Å²) in [6.07, 6.45) is 0. The first-order valence-corrected chi connectivity index (χ1v) is 35.7. The molecule has 0 atom stereocenters. The third kappa shape index (κ3) is 14.8. The van der Waals surface area contributed by atoms with Crippen molar-refractivity contribution in [2.24, 2.45) is 0 Å². The molecular weight excluding hydrogens is 1380 g/mol. The molecule has 17 heteroatoms. The third-order valence-electron chi connectivity index (χ3n) is 19.5. The second kappa shape index (κ2) is 31.5. The lowest BCUT2D eigenvalue weighted by atomic mass is 9.34. The molecule has 16 nitrogen and oxygen atoms in total. The fourth-order valence-electron chi connectivity index (χ4n) is 14.1. The largest absolute Gasteiger partial charge is 0.457 e. The molecule has 0 saturated carbocycles. The van der Waals surface area contributed by atoms with Crippen LogP contribution in [0.3, 0.4) is 0 Å². The molecule has 0 bridgehead atoms. The van der Waals surface area contributed by atoms with E-state index in [4.69, 9.17) is 42.6 Å². The van der Waals surface area contributed by atoms with Crippen LogP contribution in [0.1, 0.15) is 134 Å². The molecule has 13 aromatic carbocycles. The van der Waals surface area contributed by atoms with Crippen LogP contribution in [0.4, 0.5) is 0 Å². The van der Waals surface area contributed by atoms with Gasteiger partial charge in [-0.2, -0.15) is 0 Å². The van der Waals surface area contributed by atoms with Gasteiger partial charge in [0.25, 0.3) is 6.71 Å². The number of benzene rings is 13. The monoisotopic (exact) mass is 1450 g/mol. The van der Waals surface area contributed by atoms with Gasteiger partial charge in [0.2, 0.25) is 0 Å². The van der Waals surface area contributed by atoms with Gasteiger partial charge in [-0.15, -0.1) is 0 Å². The molecule has 2 aliphatic heterocycles. The second-order valence-corrected chi connectivity index (χ2v) is 26.6. The van der Waals surface area contributed by atoms with Crippen LogP contribution in [0.15, 0.2) is 303 Å². The molecule has 0 N–H and O–H groups in total. The van der Waals surface area contributed by atoms with Crippen molar-refractivity contribution in [2.75, 3.05) is 0 Å². The molecule has 0 radical (unpaired) electrons. The summed E-state index contributed by atoms with van der Waals surface area (Å²) in [6.45, 7) is -1.54. The van der Waals surface area contributed by atoms with Crippen LogP contribution in [-0.4, -0.2) is 48.5 Å². The number of hydrogen-bond donors (Lipinski definition) is 0. The summed E-state index contributed by atoms with van der Waals surface area (Å²) in [6, 6.07) is 90.1. The molecule has 0 unspecified atom stereocenters. The summed E-state index contributed by atoms with van der Waals surface area (Å²) < 4.78 is 56.0. The normalized spacial score (nSPS) is 11.9. The van der Waals surface area contributed by atoms with E-state index in [9.17, 15) is 28.8 Å². The van der Waals surface area contributed by atoms with Crippen molar-refractivity contribution in [3.05, 3.63) is 398 Å². The van der Waals surface area contributed by atoms with Crippen LogP contribution in [-0.2, 0) is 79.4 Å². The SMILES string of the molecule is O=C(OCc1ccccc1)c1ccc2c(c1)Oc1c(C(=O)OCc3ccccc3)cc(C(=O)OCc3ccccc3)c3c1B2c1cccc(-c2ccc(C4c5cc(C(=O)OCc6ccccc6)c(C(=O)OCc6ccccc6)cc5-c5cc(C(=O)OCc6ccccc6)c(C(=O)OCc6ccccc6)cc54)cc2)c1O3. The highest BCUT2D eigenvalue weighted by molar-refractivity contribution is 6.98. The fraction of sp³-hybridized carbons (Fsp3) is 0.0860. The van der Waals surface area contributed by atoms with E-state index in [0.717, 1.165) is 5.56 Å². The van der Waals surface area contributed by atoms with E-state index >= 15 is 4.79 Å². The summed E-state index contributed by atoms with van der Waals surface area (Å²) in [5.74, 6) is -5.66. The van der Waals surface area contributed by atoms with Gasteiger partial charge in [-0.05, 0) is 126 Å². The molecule has 2 heterocycles. The second-order valence-electron chi connectivity index (χ2n) is 26.6. The summed E-state index contributed by atoms with van der Waals surface area (Å²) in [5, 5.41) is 0. The summed E-state index contributed by atoms with van der Waals surface area (Å²) >= 11 is 0. The summed E-state index contributed by atoms with van der Waals surface area (Å²) in [4.78, 5) is 103. The van der Waals surface area contributed by atoms with Gasteiger partial charge in [0.1, 0.15) is 80.4 Å². The number of ether oxygens (including phenoxy) is 9. The zero-order valence-corrected chi connectivity index (χ0v) is 59.0. The van der Waals surface area contributed by atoms with Crippen molar-refractivity contribution >= 4 is 64.9 Å². The quantitative estimate of drug-likeness (QED) is 0.0332. The van der Waals surface area contributed by atoms with Crippen molar-refractivity contribution in [3.8, 4) is 45.3 Å². The Kier molecular flexibility index (Phi) is 20.1. The van der Waals surface area contributed by atoms with Crippen molar-refractivity contribution in [1.29, 1.82) is 0 Å². The minimum atomic E-state index is -0.821. The summed E-state index contributed by atoms with van der Waals surface area (Å²) in [7, 11) is 0. The minimum Gasteiger partial charge on any atom is -0.457 e. The predicted octanol–water partition coefficient (Wildman–Crippen LogP) is 16.7. The number of rotatable bonds is 23. The number of fused-ring (bicyclic) bond motifs is 7. The van der Waals surface area contributed by atoms with E-state index in [2.05, 4.69) is 0 Å². The lowest BCUT2D eigenvalue weighted by Gasteiger charge is -2.35. The first-order chi connectivity index (χ1) is 53.9. The maximum Gasteiger partial charge on any atom is 0.342 e. The molecule has 0 amide bonds. The van der Waals surface area contributed by atoms with Crippen molar-refractivity contribution in [1.82, 2.24) is 0 Å². The summed E-state index contributed by atoms with van der Waals surface area (Å²) in [5.41, 5.74) is 9.90. The lowest BCUT2D eigenvalue weighted by Crippen LogP contribution is -2.58. The molecule has 0 fully saturated rings. The minimum absolute atomic E-state index is 0.00604. The van der Waals surface area contributed by atoms with Gasteiger partial charge in [-0.25, -0.2) is 33.6 Å². The Labute approximate surface area is 633 Å². The Morgan fingerprint density at radius 1 is 0.273 bits per heavy atom. The first-order valence-electron chi connectivity index (χ1n) is 35.7. The van der Waals surface area contributed by atoms with Gasteiger partial charge < -0.3 is 42.6 Å². The molecule has 1 aliphatic carbocycles. The number of hydrogen-bond acceptors (Lipinski definition) is 16. The Hall–Kier alpha value is -14.2. The smallest absolute Gasteiger partial charge is 0.342 e.